The molecular weight excluding hydrogens is 301 g/mol. The summed E-state index contributed by atoms with van der Waals surface area (Å²) in [6.07, 6.45) is -0.0616. The summed E-state index contributed by atoms with van der Waals surface area (Å²) in [4.78, 5) is 9.14. The summed E-state index contributed by atoms with van der Waals surface area (Å²) in [6, 6.07) is 3.62. The van der Waals surface area contributed by atoms with Crippen LogP contribution in [0.2, 0.25) is 0 Å². The van der Waals surface area contributed by atoms with Crippen LogP contribution in [-0.4, -0.2) is 30.2 Å². The van der Waals surface area contributed by atoms with Crippen molar-refractivity contribution in [2.75, 3.05) is 6.54 Å². The van der Waals surface area contributed by atoms with Gasteiger partial charge in [-0.3, -0.25) is 10.1 Å². The molecule has 114 valence electrons. The molecule has 0 heterocycles. The number of nitrogens with zero attached hydrogens (tertiary/aromatic N) is 3. The summed E-state index contributed by atoms with van der Waals surface area (Å²) in [6.45, 7) is 3.03. The molecule has 9 heteroatoms. The van der Waals surface area contributed by atoms with E-state index in [-0.39, 0.29) is 13.0 Å². The molecule has 0 saturated heterocycles. The van der Waals surface area contributed by atoms with Gasteiger partial charge in [0.25, 0.3) is 5.69 Å². The van der Waals surface area contributed by atoms with Crippen molar-refractivity contribution in [2.24, 2.45) is 0 Å². The number of benzene rings is 1. The van der Waals surface area contributed by atoms with Gasteiger partial charge >= 0.3 is 0 Å². The van der Waals surface area contributed by atoms with Crippen LogP contribution < -0.4 is 0 Å². The molecule has 0 amide bonds. The number of rotatable bonds is 6. The highest BCUT2D eigenvalue weighted by Gasteiger charge is 2.30. The van der Waals surface area contributed by atoms with Crippen LogP contribution in [0.25, 0.3) is 0 Å². The van der Waals surface area contributed by atoms with Crippen LogP contribution in [0.4, 0.5) is 10.1 Å². The van der Waals surface area contributed by atoms with Gasteiger partial charge in [-0.2, -0.15) is 9.57 Å². The highest BCUT2D eigenvalue weighted by atomic mass is 32.2. The lowest BCUT2D eigenvalue weighted by Crippen LogP contribution is -2.38. The van der Waals surface area contributed by atoms with E-state index in [2.05, 4.69) is 0 Å². The third kappa shape index (κ3) is 3.74. The first-order valence-electron chi connectivity index (χ1n) is 6.04. The molecule has 0 N–H and O–H groups in total. The van der Waals surface area contributed by atoms with Crippen LogP contribution in [0, 0.1) is 27.3 Å². The Morgan fingerprint density at radius 2 is 2.10 bits per heavy atom. The monoisotopic (exact) mass is 315 g/mol. The smallest absolute Gasteiger partial charge is 0.258 e. The number of sulfonamides is 1. The maximum Gasteiger partial charge on any atom is 0.270 e. The Labute approximate surface area is 121 Å². The standard InChI is InChI=1S/C12H14FN3O4S/c1-9(2)15(7-3-6-14)21(19,20)12-8-10(16(17)18)4-5-11(12)13/h4-5,8-9H,3,7H2,1-2H3. The molecule has 1 aromatic rings. The Morgan fingerprint density at radius 1 is 1.48 bits per heavy atom. The van der Waals surface area contributed by atoms with E-state index in [0.717, 1.165) is 16.4 Å². The van der Waals surface area contributed by atoms with Crippen molar-refractivity contribution >= 4 is 15.7 Å². The summed E-state index contributed by atoms with van der Waals surface area (Å²) >= 11 is 0. The summed E-state index contributed by atoms with van der Waals surface area (Å²) in [5, 5.41) is 19.3. The molecule has 1 aromatic carbocycles. The van der Waals surface area contributed by atoms with Crippen molar-refractivity contribution in [2.45, 2.75) is 31.2 Å². The fourth-order valence-corrected chi connectivity index (χ4v) is 3.47. The summed E-state index contributed by atoms with van der Waals surface area (Å²) in [7, 11) is -4.26. The SMILES string of the molecule is CC(C)N(CCC#N)S(=O)(=O)c1cc([N+](=O)[O-])ccc1F. The Morgan fingerprint density at radius 3 is 2.57 bits per heavy atom. The fourth-order valence-electron chi connectivity index (χ4n) is 1.75. The van der Waals surface area contributed by atoms with Crippen molar-refractivity contribution in [1.82, 2.24) is 4.31 Å². The first-order chi connectivity index (χ1) is 9.71. The number of nitro benzene ring substituents is 1. The fraction of sp³-hybridized carbons (Fsp3) is 0.417. The lowest BCUT2D eigenvalue weighted by Gasteiger charge is -2.25. The number of nitriles is 1. The van der Waals surface area contributed by atoms with Crippen molar-refractivity contribution < 1.29 is 17.7 Å². The third-order valence-corrected chi connectivity index (χ3v) is 4.82. The number of halogens is 1. The van der Waals surface area contributed by atoms with E-state index in [1.54, 1.807) is 13.8 Å². The number of hydrogen-bond acceptors (Lipinski definition) is 5. The third-order valence-electron chi connectivity index (χ3n) is 2.73. The minimum absolute atomic E-state index is 0.0616. The van der Waals surface area contributed by atoms with Gasteiger partial charge in [-0.25, -0.2) is 12.8 Å². The quantitative estimate of drug-likeness (QED) is 0.590. The molecule has 0 bridgehead atoms. The molecule has 0 aliphatic heterocycles. The molecule has 0 saturated carbocycles. The average Bonchev–Trinajstić information content (AvgIpc) is 2.38. The van der Waals surface area contributed by atoms with Gasteiger partial charge in [-0.1, -0.05) is 0 Å². The van der Waals surface area contributed by atoms with Crippen molar-refractivity contribution in [3.63, 3.8) is 0 Å². The second kappa shape index (κ2) is 6.60. The summed E-state index contributed by atoms with van der Waals surface area (Å²) in [5.41, 5.74) is -0.515. The average molecular weight is 315 g/mol. The second-order valence-electron chi connectivity index (χ2n) is 4.49. The van der Waals surface area contributed by atoms with Crippen LogP contribution >= 0.6 is 0 Å². The minimum Gasteiger partial charge on any atom is -0.258 e. The lowest BCUT2D eigenvalue weighted by molar-refractivity contribution is -0.385. The predicted molar refractivity (Wildman–Crippen MR) is 72.3 cm³/mol. The summed E-state index contributed by atoms with van der Waals surface area (Å²) in [5.74, 6) is -1.07. The Balaban J connectivity index is 3.37. The predicted octanol–water partition coefficient (Wildman–Crippen LogP) is 2.05. The van der Waals surface area contributed by atoms with Crippen LogP contribution in [0.5, 0.6) is 0 Å². The largest absolute Gasteiger partial charge is 0.270 e. The van der Waals surface area contributed by atoms with Crippen LogP contribution in [0.3, 0.4) is 0 Å². The zero-order chi connectivity index (χ0) is 16.2. The van der Waals surface area contributed by atoms with Gasteiger partial charge in [0.05, 0.1) is 11.0 Å². The first-order valence-corrected chi connectivity index (χ1v) is 7.48. The van der Waals surface area contributed by atoms with Crippen molar-refractivity contribution in [1.29, 1.82) is 5.26 Å². The topological polar surface area (TPSA) is 104 Å². The number of hydrogen-bond donors (Lipinski definition) is 0. The molecular formula is C12H14FN3O4S. The molecule has 21 heavy (non-hydrogen) atoms. The van der Waals surface area contributed by atoms with E-state index in [1.807, 2.05) is 6.07 Å². The van der Waals surface area contributed by atoms with Crippen LogP contribution in [0.15, 0.2) is 23.1 Å². The second-order valence-corrected chi connectivity index (χ2v) is 6.35. The Kier molecular flexibility index (Phi) is 5.34. The summed E-state index contributed by atoms with van der Waals surface area (Å²) < 4.78 is 39.6. The van der Waals surface area contributed by atoms with Crippen molar-refractivity contribution in [3.05, 3.63) is 34.1 Å². The van der Waals surface area contributed by atoms with E-state index >= 15 is 0 Å². The van der Waals surface area contributed by atoms with Crippen molar-refractivity contribution in [3.8, 4) is 6.07 Å². The Bertz CT molecular complexity index is 682. The Hall–Kier alpha value is -2.05. The maximum absolute atomic E-state index is 13.8. The van der Waals surface area contributed by atoms with E-state index in [1.165, 1.54) is 0 Å². The highest BCUT2D eigenvalue weighted by molar-refractivity contribution is 7.89. The molecule has 0 atom stereocenters. The van der Waals surface area contributed by atoms with E-state index in [0.29, 0.717) is 6.07 Å². The molecule has 1 rings (SSSR count). The molecule has 0 aromatic heterocycles. The highest BCUT2D eigenvalue weighted by Crippen LogP contribution is 2.25. The van der Waals surface area contributed by atoms with E-state index < -0.39 is 37.4 Å². The zero-order valence-corrected chi connectivity index (χ0v) is 12.3. The minimum atomic E-state index is -4.26. The molecule has 0 aliphatic rings. The van der Waals surface area contributed by atoms with Crippen LogP contribution in [-0.2, 0) is 10.0 Å². The normalized spacial score (nSPS) is 11.6. The van der Waals surface area contributed by atoms with Gasteiger partial charge in [0.2, 0.25) is 10.0 Å². The molecule has 0 spiro atoms. The van der Waals surface area contributed by atoms with Gasteiger partial charge in [0, 0.05) is 31.1 Å². The maximum atomic E-state index is 13.8. The lowest BCUT2D eigenvalue weighted by atomic mass is 10.3. The molecule has 0 aliphatic carbocycles. The molecule has 0 radical (unpaired) electrons. The zero-order valence-electron chi connectivity index (χ0n) is 11.5. The molecule has 0 unspecified atom stereocenters. The van der Waals surface area contributed by atoms with E-state index in [4.69, 9.17) is 5.26 Å². The number of nitro groups is 1. The first kappa shape index (κ1) is 17.0. The molecule has 0 fully saturated rings. The van der Waals surface area contributed by atoms with Gasteiger partial charge in [-0.05, 0) is 19.9 Å². The molecule has 7 nitrogen and oxygen atoms in total. The van der Waals surface area contributed by atoms with Gasteiger partial charge in [-0.15, -0.1) is 0 Å². The van der Waals surface area contributed by atoms with Gasteiger partial charge in [0.15, 0.2) is 0 Å². The van der Waals surface area contributed by atoms with Gasteiger partial charge in [0.1, 0.15) is 10.7 Å². The van der Waals surface area contributed by atoms with E-state index in [9.17, 15) is 22.9 Å². The van der Waals surface area contributed by atoms with Gasteiger partial charge < -0.3 is 0 Å². The number of non-ortho nitro benzene ring substituents is 1. The van der Waals surface area contributed by atoms with Crippen LogP contribution in [0.1, 0.15) is 20.3 Å².